The Hall–Kier alpha value is -1.84. The molecular weight excluding hydrogens is 266 g/mol. The number of esters is 1. The van der Waals surface area contributed by atoms with Gasteiger partial charge in [-0.15, -0.1) is 0 Å². The SMILES string of the molecule is COC(=O)c1ccccc1CCC1CCCCN=C1OC. The number of ether oxygens (including phenoxy) is 2. The van der Waals surface area contributed by atoms with Gasteiger partial charge in [-0.1, -0.05) is 24.6 Å². The van der Waals surface area contributed by atoms with E-state index in [1.165, 1.54) is 13.5 Å². The van der Waals surface area contributed by atoms with Crippen molar-refractivity contribution >= 4 is 11.9 Å². The van der Waals surface area contributed by atoms with Crippen LogP contribution in [0.2, 0.25) is 0 Å². The number of nitrogens with zero attached hydrogens (tertiary/aromatic N) is 1. The maximum absolute atomic E-state index is 11.8. The molecule has 4 nitrogen and oxygen atoms in total. The van der Waals surface area contributed by atoms with Crippen LogP contribution in [0.25, 0.3) is 0 Å². The van der Waals surface area contributed by atoms with Gasteiger partial charge in [0.25, 0.3) is 0 Å². The lowest BCUT2D eigenvalue weighted by Gasteiger charge is -2.17. The summed E-state index contributed by atoms with van der Waals surface area (Å²) in [7, 11) is 3.11. The highest BCUT2D eigenvalue weighted by Gasteiger charge is 2.20. The van der Waals surface area contributed by atoms with E-state index in [0.717, 1.165) is 43.7 Å². The zero-order valence-corrected chi connectivity index (χ0v) is 12.8. The van der Waals surface area contributed by atoms with Gasteiger partial charge in [-0.25, -0.2) is 4.79 Å². The first-order valence-electron chi connectivity index (χ1n) is 7.50. The average molecular weight is 289 g/mol. The third kappa shape index (κ3) is 4.06. The van der Waals surface area contributed by atoms with Gasteiger partial charge in [-0.05, 0) is 37.3 Å². The third-order valence-corrected chi connectivity index (χ3v) is 3.97. The molecule has 0 saturated carbocycles. The van der Waals surface area contributed by atoms with Crippen LogP contribution < -0.4 is 0 Å². The van der Waals surface area contributed by atoms with Gasteiger partial charge in [-0.2, -0.15) is 0 Å². The van der Waals surface area contributed by atoms with E-state index in [1.54, 1.807) is 7.11 Å². The molecule has 0 spiro atoms. The summed E-state index contributed by atoms with van der Waals surface area (Å²) in [5.41, 5.74) is 1.69. The molecular formula is C17H23NO3. The van der Waals surface area contributed by atoms with Crippen molar-refractivity contribution in [2.45, 2.75) is 32.1 Å². The normalized spacial score (nSPS) is 18.6. The van der Waals surface area contributed by atoms with Crippen molar-refractivity contribution in [2.75, 3.05) is 20.8 Å². The molecule has 0 radical (unpaired) electrons. The second-order valence-electron chi connectivity index (χ2n) is 5.30. The van der Waals surface area contributed by atoms with Gasteiger partial charge >= 0.3 is 5.97 Å². The Morgan fingerprint density at radius 1 is 1.29 bits per heavy atom. The van der Waals surface area contributed by atoms with Gasteiger partial charge in [0.2, 0.25) is 0 Å². The Morgan fingerprint density at radius 2 is 2.10 bits per heavy atom. The van der Waals surface area contributed by atoms with Crippen LogP contribution in [0.5, 0.6) is 0 Å². The summed E-state index contributed by atoms with van der Waals surface area (Å²) in [6.45, 7) is 0.860. The van der Waals surface area contributed by atoms with Crippen LogP contribution in [-0.4, -0.2) is 32.6 Å². The maximum Gasteiger partial charge on any atom is 0.338 e. The molecule has 0 amide bonds. The number of hydrogen-bond acceptors (Lipinski definition) is 4. The smallest absolute Gasteiger partial charge is 0.338 e. The highest BCUT2D eigenvalue weighted by Crippen LogP contribution is 2.22. The van der Waals surface area contributed by atoms with Gasteiger partial charge in [0.1, 0.15) is 0 Å². The fourth-order valence-electron chi connectivity index (χ4n) is 2.82. The van der Waals surface area contributed by atoms with Gasteiger partial charge in [0.05, 0.1) is 19.8 Å². The molecule has 114 valence electrons. The van der Waals surface area contributed by atoms with Crippen molar-refractivity contribution < 1.29 is 14.3 Å². The average Bonchev–Trinajstić information content (AvgIpc) is 2.77. The molecule has 4 heteroatoms. The van der Waals surface area contributed by atoms with Crippen molar-refractivity contribution in [1.82, 2.24) is 0 Å². The topological polar surface area (TPSA) is 47.9 Å². The molecule has 0 fully saturated rings. The molecule has 1 heterocycles. The lowest BCUT2D eigenvalue weighted by atomic mass is 9.93. The molecule has 0 N–H and O–H groups in total. The Kier molecular flexibility index (Phi) is 5.78. The van der Waals surface area contributed by atoms with Gasteiger partial charge in [-0.3, -0.25) is 4.99 Å². The second-order valence-corrected chi connectivity index (χ2v) is 5.30. The van der Waals surface area contributed by atoms with Crippen LogP contribution in [-0.2, 0) is 15.9 Å². The van der Waals surface area contributed by atoms with Crippen molar-refractivity contribution in [3.8, 4) is 0 Å². The quantitative estimate of drug-likeness (QED) is 0.799. The number of benzene rings is 1. The van der Waals surface area contributed by atoms with E-state index in [1.807, 2.05) is 24.3 Å². The zero-order valence-electron chi connectivity index (χ0n) is 12.8. The number of hydrogen-bond donors (Lipinski definition) is 0. The summed E-state index contributed by atoms with van der Waals surface area (Å²) in [5, 5.41) is 0. The monoisotopic (exact) mass is 289 g/mol. The summed E-state index contributed by atoms with van der Waals surface area (Å²) in [6.07, 6.45) is 5.19. The molecule has 1 aromatic rings. The zero-order chi connectivity index (χ0) is 15.1. The lowest BCUT2D eigenvalue weighted by molar-refractivity contribution is 0.0599. The predicted octanol–water partition coefficient (Wildman–Crippen LogP) is 3.25. The minimum Gasteiger partial charge on any atom is -0.484 e. The molecule has 21 heavy (non-hydrogen) atoms. The molecule has 1 aromatic carbocycles. The van der Waals surface area contributed by atoms with Crippen molar-refractivity contribution in [3.05, 3.63) is 35.4 Å². The van der Waals surface area contributed by atoms with Crippen LogP contribution in [0.4, 0.5) is 0 Å². The minimum atomic E-state index is -0.271. The molecule has 0 bridgehead atoms. The third-order valence-electron chi connectivity index (χ3n) is 3.97. The largest absolute Gasteiger partial charge is 0.484 e. The van der Waals surface area contributed by atoms with E-state index < -0.39 is 0 Å². The molecule has 0 aliphatic carbocycles. The number of rotatable bonds is 4. The first-order chi connectivity index (χ1) is 10.3. The Balaban J connectivity index is 2.07. The maximum atomic E-state index is 11.8. The molecule has 2 rings (SSSR count). The number of carbonyl (C=O) groups is 1. The number of carbonyl (C=O) groups excluding carboxylic acids is 1. The summed E-state index contributed by atoms with van der Waals surface area (Å²) < 4.78 is 10.3. The van der Waals surface area contributed by atoms with Crippen LogP contribution in [0, 0.1) is 5.92 Å². The summed E-state index contributed by atoms with van der Waals surface area (Å²) in [6, 6.07) is 7.63. The molecule has 1 unspecified atom stereocenters. The highest BCUT2D eigenvalue weighted by atomic mass is 16.5. The second kappa shape index (κ2) is 7.81. The Morgan fingerprint density at radius 3 is 2.86 bits per heavy atom. The standard InChI is InChI=1S/C17H23NO3/c1-20-16-14(8-5-6-12-18-16)11-10-13-7-3-4-9-15(13)17(19)21-2/h3-4,7,9,14H,5-6,8,10-12H2,1-2H3. The van der Waals surface area contributed by atoms with Crippen LogP contribution in [0.3, 0.4) is 0 Å². The van der Waals surface area contributed by atoms with E-state index in [4.69, 9.17) is 9.47 Å². The van der Waals surface area contributed by atoms with Crippen LogP contribution >= 0.6 is 0 Å². The molecule has 1 aliphatic heterocycles. The molecule has 0 saturated heterocycles. The fourth-order valence-corrected chi connectivity index (χ4v) is 2.82. The predicted molar refractivity (Wildman–Crippen MR) is 82.8 cm³/mol. The van der Waals surface area contributed by atoms with Gasteiger partial charge in [0, 0.05) is 12.5 Å². The van der Waals surface area contributed by atoms with E-state index in [-0.39, 0.29) is 5.97 Å². The summed E-state index contributed by atoms with van der Waals surface area (Å²) in [4.78, 5) is 16.3. The van der Waals surface area contributed by atoms with E-state index in [9.17, 15) is 4.79 Å². The molecule has 1 aliphatic rings. The van der Waals surface area contributed by atoms with Crippen molar-refractivity contribution in [3.63, 3.8) is 0 Å². The van der Waals surface area contributed by atoms with Crippen molar-refractivity contribution in [2.24, 2.45) is 10.9 Å². The summed E-state index contributed by atoms with van der Waals surface area (Å²) in [5.74, 6) is 0.943. The van der Waals surface area contributed by atoms with Gasteiger partial charge in [0.15, 0.2) is 5.90 Å². The molecule has 0 aromatic heterocycles. The van der Waals surface area contributed by atoms with Crippen molar-refractivity contribution in [1.29, 1.82) is 0 Å². The van der Waals surface area contributed by atoms with Crippen LogP contribution in [0.15, 0.2) is 29.3 Å². The molecule has 1 atom stereocenters. The first kappa shape index (κ1) is 15.5. The van der Waals surface area contributed by atoms with E-state index in [0.29, 0.717) is 11.5 Å². The van der Waals surface area contributed by atoms with Crippen LogP contribution in [0.1, 0.15) is 41.6 Å². The Bertz CT molecular complexity index is 511. The Labute approximate surface area is 126 Å². The van der Waals surface area contributed by atoms with E-state index in [2.05, 4.69) is 4.99 Å². The first-order valence-corrected chi connectivity index (χ1v) is 7.50. The number of aryl methyl sites for hydroxylation is 1. The number of methoxy groups -OCH3 is 2. The fraction of sp³-hybridized carbons (Fsp3) is 0.529. The summed E-state index contributed by atoms with van der Waals surface area (Å²) >= 11 is 0. The number of aliphatic imine (C=N–C) groups is 1. The lowest BCUT2D eigenvalue weighted by Crippen LogP contribution is -2.17. The van der Waals surface area contributed by atoms with E-state index >= 15 is 0 Å². The minimum absolute atomic E-state index is 0.271. The highest BCUT2D eigenvalue weighted by molar-refractivity contribution is 5.91. The van der Waals surface area contributed by atoms with Gasteiger partial charge < -0.3 is 9.47 Å².